The second-order valence-corrected chi connectivity index (χ2v) is 6.60. The molecule has 3 aromatic rings. The summed E-state index contributed by atoms with van der Waals surface area (Å²) in [5.41, 5.74) is 3.90. The van der Waals surface area contributed by atoms with Crippen LogP contribution in [-0.2, 0) is 30.8 Å². The number of carbonyl (C=O) groups excluding carboxylic acids is 1. The van der Waals surface area contributed by atoms with Crippen LogP contribution in [0.4, 0.5) is 0 Å². The number of aromatic amines is 1. The topological polar surface area (TPSA) is 97.5 Å². The molecule has 0 spiro atoms. The van der Waals surface area contributed by atoms with E-state index < -0.39 is 0 Å². The molecule has 0 unspecified atom stereocenters. The molecule has 26 heavy (non-hydrogen) atoms. The monoisotopic (exact) mass is 354 g/mol. The van der Waals surface area contributed by atoms with Crippen LogP contribution in [0, 0.1) is 6.92 Å². The van der Waals surface area contributed by atoms with Gasteiger partial charge in [0, 0.05) is 31.4 Å². The number of H-pyrrole nitrogens is 1. The van der Waals surface area contributed by atoms with Gasteiger partial charge in [-0.1, -0.05) is 10.4 Å². The first-order valence-electron chi connectivity index (χ1n) is 8.87. The van der Waals surface area contributed by atoms with Gasteiger partial charge in [0.15, 0.2) is 0 Å². The van der Waals surface area contributed by atoms with E-state index in [1.54, 1.807) is 10.9 Å². The Labute approximate surface area is 151 Å². The molecule has 136 valence electrons. The molecule has 0 fully saturated rings. The first kappa shape index (κ1) is 16.5. The summed E-state index contributed by atoms with van der Waals surface area (Å²) in [5, 5.41) is 16.6. The van der Waals surface area contributed by atoms with E-state index in [9.17, 15) is 4.79 Å². The van der Waals surface area contributed by atoms with Crippen molar-refractivity contribution in [3.05, 3.63) is 47.3 Å². The quantitative estimate of drug-likeness (QED) is 0.735. The molecule has 0 atom stereocenters. The molecule has 0 saturated carbocycles. The van der Waals surface area contributed by atoms with Crippen molar-refractivity contribution in [1.82, 2.24) is 39.9 Å². The molecule has 1 amide bonds. The minimum atomic E-state index is 0.164. The Morgan fingerprint density at radius 2 is 2.23 bits per heavy atom. The first-order valence-corrected chi connectivity index (χ1v) is 8.87. The molecular formula is C17H22N8O. The van der Waals surface area contributed by atoms with Gasteiger partial charge >= 0.3 is 0 Å². The van der Waals surface area contributed by atoms with Gasteiger partial charge in [0.1, 0.15) is 5.69 Å². The largest absolute Gasteiger partial charge is 0.365 e. The van der Waals surface area contributed by atoms with Crippen LogP contribution in [0.2, 0.25) is 0 Å². The summed E-state index contributed by atoms with van der Waals surface area (Å²) in [6.07, 6.45) is 5.71. The fraction of sp³-hybridized carbons (Fsp3) is 0.471. The normalized spacial score (nSPS) is 14.3. The van der Waals surface area contributed by atoms with Crippen LogP contribution in [0.15, 0.2) is 24.5 Å². The molecule has 9 heteroatoms. The Morgan fingerprint density at radius 3 is 3.00 bits per heavy atom. The van der Waals surface area contributed by atoms with E-state index >= 15 is 0 Å². The highest BCUT2D eigenvalue weighted by Crippen LogP contribution is 2.17. The Balaban J connectivity index is 1.47. The number of nitrogens with zero attached hydrogens (tertiary/aromatic N) is 7. The average Bonchev–Trinajstić information content (AvgIpc) is 3.34. The molecule has 1 aliphatic heterocycles. The van der Waals surface area contributed by atoms with Gasteiger partial charge < -0.3 is 9.88 Å². The SMILES string of the molecule is Cc1cnnn1Cc1nnn2c1CN(C(=O)CCc1ccc[nH]1)CCC2. The summed E-state index contributed by atoms with van der Waals surface area (Å²) >= 11 is 0. The second-order valence-electron chi connectivity index (χ2n) is 6.60. The second kappa shape index (κ2) is 7.11. The van der Waals surface area contributed by atoms with Crippen molar-refractivity contribution in [3.8, 4) is 0 Å². The van der Waals surface area contributed by atoms with Gasteiger partial charge in [-0.15, -0.1) is 10.2 Å². The van der Waals surface area contributed by atoms with E-state index in [1.807, 2.05) is 34.8 Å². The number of hydrogen-bond acceptors (Lipinski definition) is 5. The predicted octanol–water partition coefficient (Wildman–Crippen LogP) is 0.920. The molecule has 9 nitrogen and oxygen atoms in total. The molecule has 0 saturated heterocycles. The molecule has 0 aromatic carbocycles. The van der Waals surface area contributed by atoms with Crippen molar-refractivity contribution < 1.29 is 4.79 Å². The molecule has 4 heterocycles. The molecule has 4 rings (SSSR count). The number of hydrogen-bond donors (Lipinski definition) is 1. The molecule has 0 bridgehead atoms. The van der Waals surface area contributed by atoms with E-state index in [0.29, 0.717) is 19.5 Å². The lowest BCUT2D eigenvalue weighted by molar-refractivity contribution is -0.131. The van der Waals surface area contributed by atoms with Crippen molar-refractivity contribution in [3.63, 3.8) is 0 Å². The number of rotatable bonds is 5. The number of carbonyl (C=O) groups is 1. The smallest absolute Gasteiger partial charge is 0.223 e. The van der Waals surface area contributed by atoms with Crippen LogP contribution >= 0.6 is 0 Å². The molecule has 0 radical (unpaired) electrons. The van der Waals surface area contributed by atoms with Crippen LogP contribution in [0.3, 0.4) is 0 Å². The van der Waals surface area contributed by atoms with Crippen LogP contribution < -0.4 is 0 Å². The van der Waals surface area contributed by atoms with Crippen molar-refractivity contribution in [2.75, 3.05) is 6.54 Å². The van der Waals surface area contributed by atoms with Crippen LogP contribution in [0.5, 0.6) is 0 Å². The van der Waals surface area contributed by atoms with Gasteiger partial charge in [-0.25, -0.2) is 9.36 Å². The van der Waals surface area contributed by atoms with Gasteiger partial charge in [0.2, 0.25) is 5.91 Å². The summed E-state index contributed by atoms with van der Waals surface area (Å²) in [4.78, 5) is 17.8. The third-order valence-corrected chi connectivity index (χ3v) is 4.79. The van der Waals surface area contributed by atoms with Gasteiger partial charge in [-0.05, 0) is 31.9 Å². The third-order valence-electron chi connectivity index (χ3n) is 4.79. The molecule has 0 aliphatic carbocycles. The van der Waals surface area contributed by atoms with E-state index in [-0.39, 0.29) is 5.91 Å². The number of fused-ring (bicyclic) bond motifs is 1. The zero-order valence-electron chi connectivity index (χ0n) is 14.8. The van der Waals surface area contributed by atoms with E-state index in [2.05, 4.69) is 25.6 Å². The number of amides is 1. The highest BCUT2D eigenvalue weighted by molar-refractivity contribution is 5.76. The van der Waals surface area contributed by atoms with E-state index in [4.69, 9.17) is 0 Å². The van der Waals surface area contributed by atoms with E-state index in [0.717, 1.165) is 48.7 Å². The molecule has 3 aromatic heterocycles. The molecular weight excluding hydrogens is 332 g/mol. The molecule has 1 N–H and O–H groups in total. The van der Waals surface area contributed by atoms with Crippen molar-refractivity contribution in [2.24, 2.45) is 0 Å². The highest BCUT2D eigenvalue weighted by Gasteiger charge is 2.23. The summed E-state index contributed by atoms with van der Waals surface area (Å²) in [6, 6.07) is 3.96. The van der Waals surface area contributed by atoms with Crippen LogP contribution in [0.1, 0.15) is 35.6 Å². The zero-order valence-corrected chi connectivity index (χ0v) is 14.8. The van der Waals surface area contributed by atoms with Crippen LogP contribution in [0.25, 0.3) is 0 Å². The first-order chi connectivity index (χ1) is 12.7. The minimum Gasteiger partial charge on any atom is -0.365 e. The van der Waals surface area contributed by atoms with Gasteiger partial charge in [-0.3, -0.25) is 4.79 Å². The maximum atomic E-state index is 12.7. The van der Waals surface area contributed by atoms with Gasteiger partial charge in [0.05, 0.1) is 30.7 Å². The minimum absolute atomic E-state index is 0.164. The van der Waals surface area contributed by atoms with Crippen molar-refractivity contribution >= 4 is 5.91 Å². The third kappa shape index (κ3) is 3.37. The summed E-state index contributed by atoms with van der Waals surface area (Å²) in [7, 11) is 0. The maximum absolute atomic E-state index is 12.7. The Hall–Kier alpha value is -2.97. The number of aromatic nitrogens is 7. The number of aryl methyl sites for hydroxylation is 3. The zero-order chi connectivity index (χ0) is 17.9. The standard InChI is InChI=1S/C17H22N8O/c1-13-10-19-21-25(13)11-15-16-12-23(8-3-9-24(16)22-20-15)17(26)6-5-14-4-2-7-18-14/h2,4,7,10,18H,3,5-6,8-9,11-12H2,1H3. The van der Waals surface area contributed by atoms with Gasteiger partial charge in [0.25, 0.3) is 0 Å². The Morgan fingerprint density at radius 1 is 1.31 bits per heavy atom. The Bertz CT molecular complexity index is 879. The molecule has 1 aliphatic rings. The van der Waals surface area contributed by atoms with Crippen LogP contribution in [-0.4, -0.2) is 52.3 Å². The van der Waals surface area contributed by atoms with Gasteiger partial charge in [-0.2, -0.15) is 0 Å². The Kier molecular flexibility index (Phi) is 4.51. The van der Waals surface area contributed by atoms with Crippen molar-refractivity contribution in [1.29, 1.82) is 0 Å². The summed E-state index contributed by atoms with van der Waals surface area (Å²) < 4.78 is 3.72. The predicted molar refractivity (Wildman–Crippen MR) is 93.0 cm³/mol. The lowest BCUT2D eigenvalue weighted by Crippen LogP contribution is -2.31. The fourth-order valence-electron chi connectivity index (χ4n) is 3.26. The lowest BCUT2D eigenvalue weighted by atomic mass is 10.2. The van der Waals surface area contributed by atoms with Crippen molar-refractivity contribution in [2.45, 2.75) is 45.8 Å². The number of nitrogens with one attached hydrogen (secondary N) is 1. The lowest BCUT2D eigenvalue weighted by Gasteiger charge is -2.20. The summed E-state index contributed by atoms with van der Waals surface area (Å²) in [6.45, 7) is 4.54. The fourth-order valence-corrected chi connectivity index (χ4v) is 3.26. The maximum Gasteiger partial charge on any atom is 0.223 e. The van der Waals surface area contributed by atoms with E-state index in [1.165, 1.54) is 0 Å². The summed E-state index contributed by atoms with van der Waals surface area (Å²) in [5.74, 6) is 0.164. The average molecular weight is 354 g/mol. The highest BCUT2D eigenvalue weighted by atomic mass is 16.2.